The number of piperazine rings is 1. The second kappa shape index (κ2) is 8.63. The molecule has 1 aromatic heterocycles. The molecule has 168 valence electrons. The molecule has 0 saturated carbocycles. The van der Waals surface area contributed by atoms with Gasteiger partial charge >= 0.3 is 6.18 Å². The van der Waals surface area contributed by atoms with Crippen LogP contribution < -0.4 is 11.2 Å². The predicted molar refractivity (Wildman–Crippen MR) is 104 cm³/mol. The molecule has 1 aromatic carbocycles. The Labute approximate surface area is 173 Å². The number of aromatic amines is 1. The summed E-state index contributed by atoms with van der Waals surface area (Å²) in [5.74, 6) is -3.40. The third-order valence-electron chi connectivity index (χ3n) is 4.97. The molecule has 0 bridgehead atoms. The first-order chi connectivity index (χ1) is 14.5. The van der Waals surface area contributed by atoms with Crippen LogP contribution in [0.1, 0.15) is 5.56 Å². The van der Waals surface area contributed by atoms with Crippen molar-refractivity contribution in [2.24, 2.45) is 0 Å². The summed E-state index contributed by atoms with van der Waals surface area (Å²) in [5.41, 5.74) is 2.89. The van der Waals surface area contributed by atoms with Gasteiger partial charge in [0.25, 0.3) is 0 Å². The van der Waals surface area contributed by atoms with Crippen LogP contribution in [0.25, 0.3) is 11.3 Å². The molecule has 1 saturated heterocycles. The number of alkyl halides is 3. The van der Waals surface area contributed by atoms with E-state index in [4.69, 9.17) is 11.1 Å². The Bertz CT molecular complexity index is 1020. The van der Waals surface area contributed by atoms with Crippen molar-refractivity contribution >= 4 is 11.5 Å². The molecular weight excluding hydrogens is 425 g/mol. The van der Waals surface area contributed by atoms with E-state index in [0.717, 1.165) is 18.2 Å². The Hall–Kier alpha value is -2.99. The molecule has 31 heavy (non-hydrogen) atoms. The minimum atomic E-state index is -4.30. The number of nitrogen functional groups attached to an aromatic ring is 1. The van der Waals surface area contributed by atoms with Crippen LogP contribution in [0, 0.1) is 17.0 Å². The Morgan fingerprint density at radius 1 is 1.13 bits per heavy atom. The zero-order valence-corrected chi connectivity index (χ0v) is 16.2. The largest absolute Gasteiger partial charge is 0.503 e. The molecule has 0 unspecified atom stereocenters. The van der Waals surface area contributed by atoms with Crippen LogP contribution in [-0.2, 0) is 0 Å². The van der Waals surface area contributed by atoms with Crippen LogP contribution in [0.15, 0.2) is 23.0 Å². The number of aromatic nitrogens is 1. The topological polar surface area (TPSA) is 109 Å². The number of hydrogen-bond donors (Lipinski definition) is 4. The lowest BCUT2D eigenvalue weighted by Crippen LogP contribution is -2.50. The number of nitrogens with one attached hydrogen (secondary N) is 2. The van der Waals surface area contributed by atoms with E-state index in [9.17, 15) is 31.9 Å². The van der Waals surface area contributed by atoms with Crippen molar-refractivity contribution in [1.82, 2.24) is 14.8 Å². The van der Waals surface area contributed by atoms with Crippen LogP contribution in [0.3, 0.4) is 0 Å². The van der Waals surface area contributed by atoms with Gasteiger partial charge in [-0.15, -0.1) is 0 Å². The Kier molecular flexibility index (Phi) is 6.32. The fourth-order valence-electron chi connectivity index (χ4n) is 3.49. The highest BCUT2D eigenvalue weighted by Crippen LogP contribution is 2.31. The average molecular weight is 445 g/mol. The number of pyridine rings is 1. The Balaban J connectivity index is 1.79. The summed E-state index contributed by atoms with van der Waals surface area (Å²) in [6.45, 7) is -0.376. The standard InChI is InChI=1S/C19H20F5N5O2/c20-10-2-1-3-11(21)13(10)15-17(31)16(30)14(18(26)27-15)12(25)8-28-4-6-29(7-5-28)9-19(22,23)24/h1-3,25,31H,4-9H2,(H3,26,27,30). The Morgan fingerprint density at radius 2 is 1.68 bits per heavy atom. The summed E-state index contributed by atoms with van der Waals surface area (Å²) >= 11 is 0. The van der Waals surface area contributed by atoms with E-state index in [0.29, 0.717) is 0 Å². The molecule has 2 aromatic rings. The van der Waals surface area contributed by atoms with Gasteiger partial charge in [0.1, 0.15) is 17.5 Å². The lowest BCUT2D eigenvalue weighted by Gasteiger charge is -2.35. The van der Waals surface area contributed by atoms with Crippen molar-refractivity contribution in [3.8, 4) is 17.0 Å². The third kappa shape index (κ3) is 5.02. The lowest BCUT2D eigenvalue weighted by atomic mass is 10.0. The van der Waals surface area contributed by atoms with E-state index in [-0.39, 0.29) is 49.8 Å². The SMILES string of the molecule is N=C(CN1CCN(CC(F)(F)F)CC1)c1c(N)[nH]c(-c2c(F)cccc2F)c(O)c1=O. The summed E-state index contributed by atoms with van der Waals surface area (Å²) < 4.78 is 65.6. The molecule has 0 atom stereocenters. The van der Waals surface area contributed by atoms with Crippen molar-refractivity contribution in [3.63, 3.8) is 0 Å². The van der Waals surface area contributed by atoms with Gasteiger partial charge in [0.15, 0.2) is 5.75 Å². The second-order valence-electron chi connectivity index (χ2n) is 7.21. The van der Waals surface area contributed by atoms with Crippen molar-refractivity contribution in [3.05, 3.63) is 45.6 Å². The second-order valence-corrected chi connectivity index (χ2v) is 7.21. The summed E-state index contributed by atoms with van der Waals surface area (Å²) in [6.07, 6.45) is -4.30. The molecule has 1 aliphatic heterocycles. The highest BCUT2D eigenvalue weighted by molar-refractivity contribution is 6.04. The van der Waals surface area contributed by atoms with Crippen molar-refractivity contribution in [2.75, 3.05) is 45.0 Å². The van der Waals surface area contributed by atoms with Gasteiger partial charge in [-0.2, -0.15) is 13.2 Å². The first-order valence-electron chi connectivity index (χ1n) is 9.26. The maximum atomic E-state index is 14.0. The maximum Gasteiger partial charge on any atom is 0.401 e. The van der Waals surface area contributed by atoms with Crippen molar-refractivity contribution < 1.29 is 27.1 Å². The fraction of sp³-hybridized carbons (Fsp3) is 0.368. The van der Waals surface area contributed by atoms with E-state index in [1.807, 2.05) is 0 Å². The lowest BCUT2D eigenvalue weighted by molar-refractivity contribution is -0.149. The van der Waals surface area contributed by atoms with Gasteiger partial charge in [-0.25, -0.2) is 8.78 Å². The molecule has 0 radical (unpaired) electrons. The van der Waals surface area contributed by atoms with Crippen LogP contribution in [0.5, 0.6) is 5.75 Å². The van der Waals surface area contributed by atoms with E-state index < -0.39 is 46.8 Å². The highest BCUT2D eigenvalue weighted by Gasteiger charge is 2.32. The van der Waals surface area contributed by atoms with Crippen LogP contribution in [0.2, 0.25) is 0 Å². The first-order valence-corrected chi connectivity index (χ1v) is 9.26. The molecule has 0 amide bonds. The number of rotatable bonds is 5. The van der Waals surface area contributed by atoms with E-state index in [1.54, 1.807) is 4.90 Å². The van der Waals surface area contributed by atoms with Crippen LogP contribution in [0.4, 0.5) is 27.8 Å². The maximum absolute atomic E-state index is 14.0. The molecule has 2 heterocycles. The van der Waals surface area contributed by atoms with E-state index >= 15 is 0 Å². The molecule has 0 spiro atoms. The van der Waals surface area contributed by atoms with Gasteiger partial charge in [-0.1, -0.05) is 6.07 Å². The van der Waals surface area contributed by atoms with E-state index in [1.165, 1.54) is 4.90 Å². The number of hydrogen-bond acceptors (Lipinski definition) is 6. The first kappa shape index (κ1) is 22.7. The number of aromatic hydroxyl groups is 1. The van der Waals surface area contributed by atoms with Gasteiger partial charge in [-0.3, -0.25) is 14.6 Å². The molecule has 1 aliphatic rings. The highest BCUT2D eigenvalue weighted by atomic mass is 19.4. The van der Waals surface area contributed by atoms with Gasteiger partial charge in [-0.05, 0) is 12.1 Å². The van der Waals surface area contributed by atoms with Crippen LogP contribution >= 0.6 is 0 Å². The van der Waals surface area contributed by atoms with Gasteiger partial charge in [0, 0.05) is 32.7 Å². The van der Waals surface area contributed by atoms with Gasteiger partial charge in [0.2, 0.25) is 5.43 Å². The monoisotopic (exact) mass is 445 g/mol. The number of anilines is 1. The predicted octanol–water partition coefficient (Wildman–Crippen LogP) is 2.16. The summed E-state index contributed by atoms with van der Waals surface area (Å²) in [7, 11) is 0. The molecule has 12 heteroatoms. The van der Waals surface area contributed by atoms with Crippen LogP contribution in [-0.4, -0.2) is 71.0 Å². The Morgan fingerprint density at radius 3 is 2.23 bits per heavy atom. The quantitative estimate of drug-likeness (QED) is 0.417. The minimum absolute atomic E-state index is 0.0972. The van der Waals surface area contributed by atoms with E-state index in [2.05, 4.69) is 4.98 Å². The average Bonchev–Trinajstić information content (AvgIpc) is 2.66. The van der Waals surface area contributed by atoms with Gasteiger partial charge in [0.05, 0.1) is 29.1 Å². The molecular formula is C19H20F5N5O2. The zero-order valence-electron chi connectivity index (χ0n) is 16.2. The van der Waals surface area contributed by atoms with Crippen molar-refractivity contribution in [2.45, 2.75) is 6.18 Å². The molecule has 5 N–H and O–H groups in total. The fourth-order valence-corrected chi connectivity index (χ4v) is 3.49. The molecule has 1 fully saturated rings. The molecule has 7 nitrogen and oxygen atoms in total. The number of halogens is 5. The van der Waals surface area contributed by atoms with Gasteiger partial charge < -0.3 is 21.2 Å². The summed E-state index contributed by atoms with van der Waals surface area (Å²) in [6, 6.07) is 3.01. The summed E-state index contributed by atoms with van der Waals surface area (Å²) in [5, 5.41) is 18.5. The minimum Gasteiger partial charge on any atom is -0.503 e. The summed E-state index contributed by atoms with van der Waals surface area (Å²) in [4.78, 5) is 17.9. The number of H-pyrrole nitrogens is 1. The molecule has 3 rings (SSSR count). The number of nitrogens with two attached hydrogens (primary N) is 1. The third-order valence-corrected chi connectivity index (χ3v) is 4.97. The van der Waals surface area contributed by atoms with Crippen molar-refractivity contribution in [1.29, 1.82) is 5.41 Å². The number of nitrogens with zero attached hydrogens (tertiary/aromatic N) is 2. The normalized spacial score (nSPS) is 15.9. The zero-order chi connectivity index (χ0) is 22.9. The smallest absolute Gasteiger partial charge is 0.401 e. The molecule has 0 aliphatic carbocycles. The number of benzene rings is 1.